The van der Waals surface area contributed by atoms with Crippen molar-refractivity contribution in [1.29, 1.82) is 0 Å². The molecule has 59 heavy (non-hydrogen) atoms. The number of ether oxygens (including phenoxy) is 1. The standard InChI is InChI=1S/C21H14FNO3S2.C13H12FNO2S.C8H5NO2S.CH4/c1-11-6-7-13(14(22)8-11)19-18(21(25)26)12(10-27-19)9-16(24)20-23-15-4-2-3-5-17(15)28-20;1-7-3-4-8(9(14)5-7)12-11(13(16)17-2)10(15)6-18-12;10-8(11)7-9-5-3-1-2-4-6(5)12-7;/h2-8,10H,9H2,1H3,(H,25,26);3-6H,15H2,1-2H3;1-4H,(H,10,11);1H4. The summed E-state index contributed by atoms with van der Waals surface area (Å²) < 4.78 is 34.8. The van der Waals surface area contributed by atoms with Crippen LogP contribution in [0.4, 0.5) is 14.5 Å². The predicted molar refractivity (Wildman–Crippen MR) is 233 cm³/mol. The van der Waals surface area contributed by atoms with Gasteiger partial charge in [0.15, 0.2) is 10.8 Å². The molecule has 4 heterocycles. The smallest absolute Gasteiger partial charge is 0.365 e. The second kappa shape index (κ2) is 19.0. The lowest BCUT2D eigenvalue weighted by Crippen LogP contribution is -2.08. The summed E-state index contributed by atoms with van der Waals surface area (Å²) in [5.41, 5.74) is 10.3. The summed E-state index contributed by atoms with van der Waals surface area (Å²) in [6.45, 7) is 3.57. The molecule has 302 valence electrons. The van der Waals surface area contributed by atoms with Gasteiger partial charge in [-0.2, -0.15) is 0 Å². The van der Waals surface area contributed by atoms with E-state index >= 15 is 0 Å². The van der Waals surface area contributed by atoms with Crippen LogP contribution in [0, 0.1) is 25.5 Å². The number of carboxylic acids is 2. The van der Waals surface area contributed by atoms with E-state index in [9.17, 15) is 33.1 Å². The molecule has 0 radical (unpaired) electrons. The largest absolute Gasteiger partial charge is 0.478 e. The lowest BCUT2D eigenvalue weighted by Gasteiger charge is -2.05. The molecule has 8 aromatic rings. The highest BCUT2D eigenvalue weighted by Crippen LogP contribution is 2.38. The van der Waals surface area contributed by atoms with Crippen LogP contribution in [-0.4, -0.2) is 51.0 Å². The molecule has 0 unspecified atom stereocenters. The molecule has 0 saturated heterocycles. The number of aryl methyl sites for hydroxylation is 2. The zero-order valence-electron chi connectivity index (χ0n) is 30.7. The van der Waals surface area contributed by atoms with Crippen molar-refractivity contribution in [2.45, 2.75) is 27.7 Å². The average molecular weight is 872 g/mol. The Kier molecular flexibility index (Phi) is 14.2. The van der Waals surface area contributed by atoms with Crippen molar-refractivity contribution < 1.29 is 42.9 Å². The van der Waals surface area contributed by atoms with Crippen LogP contribution < -0.4 is 5.73 Å². The van der Waals surface area contributed by atoms with Crippen molar-refractivity contribution in [1.82, 2.24) is 9.97 Å². The van der Waals surface area contributed by atoms with Crippen molar-refractivity contribution in [2.24, 2.45) is 0 Å². The Bertz CT molecular complexity index is 2780. The third kappa shape index (κ3) is 9.92. The van der Waals surface area contributed by atoms with Gasteiger partial charge < -0.3 is 20.7 Å². The van der Waals surface area contributed by atoms with Crippen LogP contribution in [0.2, 0.25) is 0 Å². The number of esters is 1. The third-order valence-electron chi connectivity index (χ3n) is 8.39. The first kappa shape index (κ1) is 43.9. The van der Waals surface area contributed by atoms with Gasteiger partial charge in [-0.05, 0) is 72.3 Å². The minimum absolute atomic E-state index is 0. The van der Waals surface area contributed by atoms with Gasteiger partial charge in [0.25, 0.3) is 0 Å². The highest BCUT2D eigenvalue weighted by Gasteiger charge is 2.25. The lowest BCUT2D eigenvalue weighted by molar-refractivity contribution is 0.0601. The number of nitrogen functional groups attached to an aromatic ring is 1. The first-order valence-corrected chi connectivity index (χ1v) is 20.4. The van der Waals surface area contributed by atoms with Gasteiger partial charge in [0.05, 0.1) is 48.5 Å². The molecule has 8 rings (SSSR count). The van der Waals surface area contributed by atoms with E-state index in [1.54, 1.807) is 54.9 Å². The predicted octanol–water partition coefficient (Wildman–Crippen LogP) is 11.5. The highest BCUT2D eigenvalue weighted by atomic mass is 32.1. The molecule has 0 bridgehead atoms. The number of aromatic carboxylic acids is 2. The second-order valence-electron chi connectivity index (χ2n) is 12.5. The second-order valence-corrected chi connectivity index (χ2v) is 16.3. The number of para-hydroxylation sites is 2. The number of ketones is 1. The number of hydrogen-bond donors (Lipinski definition) is 3. The Hall–Kier alpha value is -6.20. The molecule has 0 amide bonds. The summed E-state index contributed by atoms with van der Waals surface area (Å²) in [7, 11) is 1.27. The third-order valence-corrected chi connectivity index (χ3v) is 12.6. The molecule has 16 heteroatoms. The number of nitrogens with two attached hydrogens (primary N) is 1. The molecule has 0 aliphatic carbocycles. The number of hydrogen-bond acceptors (Lipinski definition) is 12. The molecule has 0 saturated carbocycles. The maximum absolute atomic E-state index is 14.4. The van der Waals surface area contributed by atoms with E-state index in [0.29, 0.717) is 31.6 Å². The van der Waals surface area contributed by atoms with Gasteiger partial charge >= 0.3 is 17.9 Å². The topological polar surface area (TPSA) is 170 Å². The van der Waals surface area contributed by atoms with Gasteiger partial charge in [0, 0.05) is 22.9 Å². The van der Waals surface area contributed by atoms with Gasteiger partial charge in [-0.3, -0.25) is 4.79 Å². The maximum Gasteiger partial charge on any atom is 0.365 e. The van der Waals surface area contributed by atoms with Crippen molar-refractivity contribution in [3.63, 3.8) is 0 Å². The van der Waals surface area contributed by atoms with E-state index in [-0.39, 0.29) is 47.1 Å². The number of rotatable bonds is 8. The first-order valence-electron chi connectivity index (χ1n) is 17.0. The van der Waals surface area contributed by atoms with Crippen LogP contribution in [0.25, 0.3) is 41.3 Å². The van der Waals surface area contributed by atoms with Crippen molar-refractivity contribution in [3.05, 3.63) is 145 Å². The molecule has 0 atom stereocenters. The number of carbonyl (C=O) groups is 4. The minimum atomic E-state index is -1.18. The van der Waals surface area contributed by atoms with Crippen molar-refractivity contribution in [3.8, 4) is 20.9 Å². The Balaban J connectivity index is 0.000000183. The number of carboxylic acid groups (broad SMARTS) is 2. The number of fused-ring (bicyclic) bond motifs is 2. The molecule has 4 N–H and O–H groups in total. The van der Waals surface area contributed by atoms with Crippen LogP contribution in [0.3, 0.4) is 0 Å². The van der Waals surface area contributed by atoms with E-state index in [4.69, 9.17) is 10.8 Å². The number of thiazole rings is 2. The summed E-state index contributed by atoms with van der Waals surface area (Å²) in [5, 5.41) is 22.0. The Morgan fingerprint density at radius 3 is 1.68 bits per heavy atom. The molecule has 4 aromatic heterocycles. The highest BCUT2D eigenvalue weighted by molar-refractivity contribution is 7.20. The quantitative estimate of drug-likeness (QED) is 0.0986. The zero-order chi connectivity index (χ0) is 41.7. The van der Waals surface area contributed by atoms with Crippen LogP contribution in [0.15, 0.2) is 95.7 Å². The monoisotopic (exact) mass is 871 g/mol. The number of carbonyl (C=O) groups excluding carboxylic acids is 2. The van der Waals surface area contributed by atoms with Crippen LogP contribution in [-0.2, 0) is 11.2 Å². The van der Waals surface area contributed by atoms with Gasteiger partial charge in [-0.1, -0.05) is 56.0 Å². The molecule has 10 nitrogen and oxygen atoms in total. The Morgan fingerprint density at radius 1 is 0.695 bits per heavy atom. The van der Waals surface area contributed by atoms with E-state index in [1.807, 2.05) is 42.5 Å². The number of methoxy groups -OCH3 is 1. The number of anilines is 1. The number of benzene rings is 4. The van der Waals surface area contributed by atoms with Crippen LogP contribution in [0.5, 0.6) is 0 Å². The normalized spacial score (nSPS) is 10.5. The van der Waals surface area contributed by atoms with Crippen LogP contribution >= 0.6 is 45.3 Å². The molecule has 0 aliphatic rings. The first-order chi connectivity index (χ1) is 27.7. The summed E-state index contributed by atoms with van der Waals surface area (Å²) in [4.78, 5) is 55.8. The summed E-state index contributed by atoms with van der Waals surface area (Å²) in [5.74, 6) is -3.80. The van der Waals surface area contributed by atoms with Crippen LogP contribution in [0.1, 0.15) is 64.4 Å². The summed E-state index contributed by atoms with van der Waals surface area (Å²) in [6.07, 6.45) is -0.0918. The SMILES string of the molecule is C.COC(=O)c1c(N)csc1-c1ccc(C)cc1F.Cc1ccc(-c2scc(CC(=O)c3nc4ccccc4s3)c2C(=O)O)c(F)c1.O=C(O)c1nc2ccccc2s1. The number of aromatic nitrogens is 2. The molecule has 4 aromatic carbocycles. The van der Waals surface area contributed by atoms with Gasteiger partial charge in [0.2, 0.25) is 5.01 Å². The summed E-state index contributed by atoms with van der Waals surface area (Å²) in [6, 6.07) is 24.3. The fourth-order valence-electron chi connectivity index (χ4n) is 5.65. The van der Waals surface area contributed by atoms with E-state index in [1.165, 1.54) is 53.3 Å². The molecule has 0 fully saturated rings. The minimum Gasteiger partial charge on any atom is -0.478 e. The van der Waals surface area contributed by atoms with Crippen molar-refractivity contribution in [2.75, 3.05) is 12.8 Å². The average Bonchev–Trinajstić information content (AvgIpc) is 4.00. The fourth-order valence-corrected chi connectivity index (χ4v) is 9.42. The van der Waals surface area contributed by atoms with Gasteiger partial charge in [0.1, 0.15) is 17.2 Å². The number of thiophene rings is 2. The molecule has 0 aliphatic heterocycles. The molecular weight excluding hydrogens is 837 g/mol. The zero-order valence-corrected chi connectivity index (χ0v) is 34.0. The number of halogens is 2. The number of nitrogens with zero attached hydrogens (tertiary/aromatic N) is 2. The molecule has 0 spiro atoms. The van der Waals surface area contributed by atoms with Gasteiger partial charge in [-0.15, -0.1) is 45.3 Å². The van der Waals surface area contributed by atoms with Gasteiger partial charge in [-0.25, -0.2) is 33.1 Å². The number of Topliss-reactive ketones (excluding diaryl/α,β-unsaturated/α-hetero) is 1. The summed E-state index contributed by atoms with van der Waals surface area (Å²) >= 11 is 4.83. The lowest BCUT2D eigenvalue weighted by atomic mass is 10.0. The molecular formula is C43H35F2N3O7S4. The fraction of sp³-hybridized carbons (Fsp3) is 0.116. The Morgan fingerprint density at radius 2 is 1.19 bits per heavy atom. The Labute approximate surface area is 352 Å². The van der Waals surface area contributed by atoms with E-state index < -0.39 is 23.7 Å². The van der Waals surface area contributed by atoms with E-state index in [2.05, 4.69) is 14.7 Å². The van der Waals surface area contributed by atoms with E-state index in [0.717, 1.165) is 42.9 Å². The van der Waals surface area contributed by atoms with Crippen molar-refractivity contribution >= 4 is 95.2 Å². The maximum atomic E-state index is 14.4.